The van der Waals surface area contributed by atoms with Crippen molar-refractivity contribution in [3.63, 3.8) is 0 Å². The van der Waals surface area contributed by atoms with E-state index in [1.807, 2.05) is 36.4 Å². The molecule has 0 spiro atoms. The molecule has 1 amide bonds. The van der Waals surface area contributed by atoms with Gasteiger partial charge in [0.15, 0.2) is 6.61 Å². The van der Waals surface area contributed by atoms with Crippen molar-refractivity contribution in [3.05, 3.63) is 59.7 Å². The number of carbonyl (C=O) groups excluding carboxylic acids is 2. The van der Waals surface area contributed by atoms with Gasteiger partial charge in [-0.2, -0.15) is 0 Å². The van der Waals surface area contributed by atoms with Gasteiger partial charge in [0.25, 0.3) is 5.91 Å². The first-order valence-electron chi connectivity index (χ1n) is 9.90. The maximum Gasteiger partial charge on any atom is 0.338 e. The Labute approximate surface area is 167 Å². The van der Waals surface area contributed by atoms with Crippen molar-refractivity contribution >= 4 is 23.3 Å². The van der Waals surface area contributed by atoms with Crippen molar-refractivity contribution in [2.45, 2.75) is 40.0 Å². The van der Waals surface area contributed by atoms with Gasteiger partial charge in [0.05, 0.1) is 5.56 Å². The van der Waals surface area contributed by atoms with Gasteiger partial charge in [-0.1, -0.05) is 32.0 Å². The van der Waals surface area contributed by atoms with Crippen molar-refractivity contribution in [1.82, 2.24) is 0 Å². The number of esters is 1. The molecule has 0 saturated heterocycles. The smallest absolute Gasteiger partial charge is 0.338 e. The summed E-state index contributed by atoms with van der Waals surface area (Å²) in [6, 6.07) is 15.0. The second kappa shape index (κ2) is 10.5. The highest BCUT2D eigenvalue weighted by Gasteiger charge is 2.14. The van der Waals surface area contributed by atoms with Crippen molar-refractivity contribution < 1.29 is 14.3 Å². The van der Waals surface area contributed by atoms with Crippen LogP contribution in [0.2, 0.25) is 0 Å². The van der Waals surface area contributed by atoms with Crippen molar-refractivity contribution in [2.75, 3.05) is 29.9 Å². The molecule has 1 N–H and O–H groups in total. The van der Waals surface area contributed by atoms with Gasteiger partial charge in [-0.25, -0.2) is 4.79 Å². The molecule has 0 heterocycles. The minimum absolute atomic E-state index is 0.314. The Morgan fingerprint density at radius 1 is 1.00 bits per heavy atom. The van der Waals surface area contributed by atoms with E-state index in [1.54, 1.807) is 12.1 Å². The van der Waals surface area contributed by atoms with Crippen LogP contribution < -0.4 is 10.2 Å². The van der Waals surface area contributed by atoms with E-state index in [0.717, 1.165) is 36.4 Å². The molecule has 0 fully saturated rings. The van der Waals surface area contributed by atoms with Gasteiger partial charge in [-0.15, -0.1) is 0 Å². The fourth-order valence-electron chi connectivity index (χ4n) is 3.06. The second-order valence-corrected chi connectivity index (χ2v) is 6.74. The Morgan fingerprint density at radius 3 is 2.25 bits per heavy atom. The molecule has 5 heteroatoms. The summed E-state index contributed by atoms with van der Waals surface area (Å²) in [5.41, 5.74) is 3.34. The zero-order valence-electron chi connectivity index (χ0n) is 17.2. The summed E-state index contributed by atoms with van der Waals surface area (Å²) in [4.78, 5) is 26.7. The molecule has 1 atom stereocenters. The van der Waals surface area contributed by atoms with Crippen LogP contribution in [0.15, 0.2) is 48.5 Å². The third kappa shape index (κ3) is 5.59. The van der Waals surface area contributed by atoms with E-state index < -0.39 is 5.97 Å². The highest BCUT2D eigenvalue weighted by molar-refractivity contribution is 5.96. The minimum atomic E-state index is -0.503. The zero-order valence-corrected chi connectivity index (χ0v) is 17.2. The first-order valence-corrected chi connectivity index (χ1v) is 9.90. The number of benzene rings is 2. The molecule has 0 bridgehead atoms. The van der Waals surface area contributed by atoms with Crippen LogP contribution in [0, 0.1) is 0 Å². The van der Waals surface area contributed by atoms with Crippen LogP contribution in [-0.4, -0.2) is 31.6 Å². The number of anilines is 2. The number of para-hydroxylation sites is 1. The third-order valence-electron chi connectivity index (χ3n) is 4.94. The Balaban J connectivity index is 1.93. The summed E-state index contributed by atoms with van der Waals surface area (Å²) in [7, 11) is 0. The van der Waals surface area contributed by atoms with Gasteiger partial charge in [-0.3, -0.25) is 4.79 Å². The molecule has 0 aromatic heterocycles. The van der Waals surface area contributed by atoms with Crippen LogP contribution in [0.4, 0.5) is 11.4 Å². The van der Waals surface area contributed by atoms with E-state index in [9.17, 15) is 9.59 Å². The fraction of sp³-hybridized carbons (Fsp3) is 0.391. The lowest BCUT2D eigenvalue weighted by atomic mass is 9.97. The standard InChI is InChI=1S/C23H30N2O3/c1-5-17(4)20-10-8-9-11-21(20)24-22(26)16-28-23(27)18-12-14-19(15-13-18)25(6-2)7-3/h8-15,17H,5-7,16H2,1-4H3,(H,24,26)/t17-/m1/s1. The molecule has 0 aliphatic carbocycles. The molecule has 5 nitrogen and oxygen atoms in total. The Morgan fingerprint density at radius 2 is 1.64 bits per heavy atom. The van der Waals surface area contributed by atoms with Gasteiger partial charge in [-0.05, 0) is 62.1 Å². The second-order valence-electron chi connectivity index (χ2n) is 6.74. The molecule has 28 heavy (non-hydrogen) atoms. The van der Waals surface area contributed by atoms with Crippen LogP contribution in [0.25, 0.3) is 0 Å². The first kappa shape index (κ1) is 21.5. The maximum atomic E-state index is 12.2. The number of carbonyl (C=O) groups is 2. The van der Waals surface area contributed by atoms with Gasteiger partial charge in [0.2, 0.25) is 0 Å². The van der Waals surface area contributed by atoms with E-state index in [4.69, 9.17) is 4.74 Å². The van der Waals surface area contributed by atoms with Gasteiger partial charge < -0.3 is 15.0 Å². The SMILES string of the molecule is CC[C@@H](C)c1ccccc1NC(=O)COC(=O)c1ccc(N(CC)CC)cc1. The molecule has 0 unspecified atom stereocenters. The summed E-state index contributed by atoms with van der Waals surface area (Å²) in [6.07, 6.45) is 0.978. The number of nitrogens with zero attached hydrogens (tertiary/aromatic N) is 1. The first-order chi connectivity index (χ1) is 13.5. The summed E-state index contributed by atoms with van der Waals surface area (Å²) in [5, 5.41) is 2.85. The highest BCUT2D eigenvalue weighted by Crippen LogP contribution is 2.26. The quantitative estimate of drug-likeness (QED) is 0.630. The van der Waals surface area contributed by atoms with Crippen LogP contribution in [-0.2, 0) is 9.53 Å². The number of rotatable bonds is 9. The monoisotopic (exact) mass is 382 g/mol. The van der Waals surface area contributed by atoms with E-state index in [-0.39, 0.29) is 12.5 Å². The number of nitrogens with one attached hydrogen (secondary N) is 1. The summed E-state index contributed by atoms with van der Waals surface area (Å²) in [6.45, 7) is 9.89. The lowest BCUT2D eigenvalue weighted by Gasteiger charge is -2.20. The highest BCUT2D eigenvalue weighted by atomic mass is 16.5. The van der Waals surface area contributed by atoms with Crippen molar-refractivity contribution in [2.24, 2.45) is 0 Å². The molecule has 2 rings (SSSR count). The Bertz CT molecular complexity index is 783. The predicted molar refractivity (Wildman–Crippen MR) is 114 cm³/mol. The zero-order chi connectivity index (χ0) is 20.5. The minimum Gasteiger partial charge on any atom is -0.452 e. The predicted octanol–water partition coefficient (Wildman–Crippen LogP) is 4.84. The molecule has 2 aromatic rings. The van der Waals surface area contributed by atoms with E-state index >= 15 is 0 Å². The number of ether oxygens (including phenoxy) is 1. The van der Waals surface area contributed by atoms with Crippen molar-refractivity contribution in [3.8, 4) is 0 Å². The molecule has 0 aliphatic rings. The summed E-state index contributed by atoms with van der Waals surface area (Å²) < 4.78 is 5.18. The van der Waals surface area contributed by atoms with Crippen LogP contribution in [0.1, 0.15) is 56.0 Å². The van der Waals surface area contributed by atoms with Crippen LogP contribution in [0.5, 0.6) is 0 Å². The summed E-state index contributed by atoms with van der Waals surface area (Å²) in [5.74, 6) is -0.510. The molecule has 150 valence electrons. The Hall–Kier alpha value is -2.82. The number of hydrogen-bond acceptors (Lipinski definition) is 4. The Kier molecular flexibility index (Phi) is 8.05. The van der Waals surface area contributed by atoms with Gasteiger partial charge >= 0.3 is 5.97 Å². The average Bonchev–Trinajstić information content (AvgIpc) is 2.73. The van der Waals surface area contributed by atoms with Crippen LogP contribution in [0.3, 0.4) is 0 Å². The third-order valence-corrected chi connectivity index (χ3v) is 4.94. The summed E-state index contributed by atoms with van der Waals surface area (Å²) >= 11 is 0. The maximum absolute atomic E-state index is 12.2. The van der Waals surface area contributed by atoms with Crippen molar-refractivity contribution in [1.29, 1.82) is 0 Å². The largest absolute Gasteiger partial charge is 0.452 e. The van der Waals surface area contributed by atoms with E-state index in [0.29, 0.717) is 11.5 Å². The number of hydrogen-bond donors (Lipinski definition) is 1. The lowest BCUT2D eigenvalue weighted by molar-refractivity contribution is -0.119. The fourth-order valence-corrected chi connectivity index (χ4v) is 3.06. The average molecular weight is 383 g/mol. The molecule has 2 aromatic carbocycles. The molecule has 0 radical (unpaired) electrons. The van der Waals surface area contributed by atoms with Gasteiger partial charge in [0, 0.05) is 24.5 Å². The molecule has 0 saturated carbocycles. The molecular formula is C23H30N2O3. The van der Waals surface area contributed by atoms with E-state index in [1.165, 1.54) is 0 Å². The molecule has 0 aliphatic heterocycles. The number of amides is 1. The lowest BCUT2D eigenvalue weighted by Crippen LogP contribution is -2.22. The molecular weight excluding hydrogens is 352 g/mol. The van der Waals surface area contributed by atoms with Crippen LogP contribution >= 0.6 is 0 Å². The van der Waals surface area contributed by atoms with Gasteiger partial charge in [0.1, 0.15) is 0 Å². The normalized spacial score (nSPS) is 11.6. The van der Waals surface area contributed by atoms with E-state index in [2.05, 4.69) is 37.9 Å². The topological polar surface area (TPSA) is 58.6 Å².